The molecule has 0 N–H and O–H groups in total. The summed E-state index contributed by atoms with van der Waals surface area (Å²) in [7, 11) is 0. The van der Waals surface area contributed by atoms with Gasteiger partial charge in [0, 0.05) is 29.8 Å². The number of carbonyl (C=O) groups is 1. The van der Waals surface area contributed by atoms with E-state index in [4.69, 9.17) is 4.98 Å². The summed E-state index contributed by atoms with van der Waals surface area (Å²) in [5.74, 6) is 1.88. The van der Waals surface area contributed by atoms with Gasteiger partial charge in [-0.2, -0.15) is 0 Å². The first kappa shape index (κ1) is 21.4. The Morgan fingerprint density at radius 2 is 1.55 bits per heavy atom. The number of hydrogen-bond acceptors (Lipinski definition) is 3. The summed E-state index contributed by atoms with van der Waals surface area (Å²) in [4.78, 5) is 19.6. The smallest absolute Gasteiger partial charge is 0.253 e. The van der Waals surface area contributed by atoms with Crippen LogP contribution in [-0.2, 0) is 5.75 Å². The minimum atomic E-state index is 0.128. The van der Waals surface area contributed by atoms with Crippen LogP contribution in [0.4, 0.5) is 0 Å². The number of rotatable bonds is 8. The van der Waals surface area contributed by atoms with Crippen LogP contribution in [0.25, 0.3) is 10.9 Å². The number of fused-ring (bicyclic) bond motifs is 1. The number of pyridine rings is 1. The van der Waals surface area contributed by atoms with Gasteiger partial charge in [-0.3, -0.25) is 4.79 Å². The average Bonchev–Trinajstić information content (AvgIpc) is 2.71. The van der Waals surface area contributed by atoms with E-state index in [1.165, 1.54) is 5.56 Å². The van der Waals surface area contributed by atoms with E-state index < -0.39 is 0 Å². The molecule has 2 aromatic carbocycles. The van der Waals surface area contributed by atoms with Gasteiger partial charge in [0.2, 0.25) is 0 Å². The molecule has 0 unspecified atom stereocenters. The first-order valence-electron chi connectivity index (χ1n) is 10.3. The van der Waals surface area contributed by atoms with Crippen molar-refractivity contribution in [3.8, 4) is 0 Å². The lowest BCUT2D eigenvalue weighted by atomic mass is 10.1. The van der Waals surface area contributed by atoms with Crippen LogP contribution >= 0.6 is 11.8 Å². The van der Waals surface area contributed by atoms with E-state index in [1.54, 1.807) is 11.8 Å². The fraction of sp³-hybridized carbons (Fsp3) is 0.360. The van der Waals surface area contributed by atoms with Gasteiger partial charge in [0.25, 0.3) is 5.91 Å². The van der Waals surface area contributed by atoms with Crippen LogP contribution in [0.15, 0.2) is 65.7 Å². The van der Waals surface area contributed by atoms with Crippen molar-refractivity contribution in [3.63, 3.8) is 0 Å². The van der Waals surface area contributed by atoms with Crippen molar-refractivity contribution in [2.45, 2.75) is 38.5 Å². The average molecular weight is 407 g/mol. The molecule has 3 rings (SSSR count). The van der Waals surface area contributed by atoms with Crippen molar-refractivity contribution in [2.75, 3.05) is 13.1 Å². The summed E-state index contributed by atoms with van der Waals surface area (Å²) in [5, 5.41) is 2.18. The molecule has 0 aliphatic carbocycles. The molecule has 0 radical (unpaired) electrons. The number of carbonyl (C=O) groups excluding carboxylic acids is 1. The summed E-state index contributed by atoms with van der Waals surface area (Å²) in [6.45, 7) is 10.2. The fourth-order valence-electron chi connectivity index (χ4n) is 3.33. The van der Waals surface area contributed by atoms with Gasteiger partial charge in [0.15, 0.2) is 0 Å². The van der Waals surface area contributed by atoms with Crippen LogP contribution < -0.4 is 0 Å². The highest BCUT2D eigenvalue weighted by Gasteiger charge is 2.18. The second-order valence-electron chi connectivity index (χ2n) is 8.33. The number of amides is 1. The van der Waals surface area contributed by atoms with E-state index in [0.717, 1.165) is 40.3 Å². The van der Waals surface area contributed by atoms with Crippen LogP contribution in [0.2, 0.25) is 0 Å². The lowest BCUT2D eigenvalue weighted by Crippen LogP contribution is -2.37. The predicted octanol–water partition coefficient (Wildman–Crippen LogP) is 6.28. The van der Waals surface area contributed by atoms with E-state index in [9.17, 15) is 4.79 Å². The first-order chi connectivity index (χ1) is 13.9. The quantitative estimate of drug-likeness (QED) is 0.413. The molecule has 0 bridgehead atoms. The maximum atomic E-state index is 12.9. The van der Waals surface area contributed by atoms with E-state index in [1.807, 2.05) is 35.2 Å². The summed E-state index contributed by atoms with van der Waals surface area (Å²) in [6, 6.07) is 20.4. The summed E-state index contributed by atoms with van der Waals surface area (Å²) in [5.41, 5.74) is 2.98. The van der Waals surface area contributed by atoms with Gasteiger partial charge in [-0.15, -0.1) is 11.8 Å². The molecular formula is C25H30N2OS. The second kappa shape index (κ2) is 9.93. The van der Waals surface area contributed by atoms with Crippen molar-refractivity contribution in [1.29, 1.82) is 0 Å². The minimum absolute atomic E-state index is 0.128. The third kappa shape index (κ3) is 6.07. The maximum Gasteiger partial charge on any atom is 0.253 e. The lowest BCUT2D eigenvalue weighted by molar-refractivity contribution is 0.0715. The van der Waals surface area contributed by atoms with Gasteiger partial charge in [-0.25, -0.2) is 4.98 Å². The van der Waals surface area contributed by atoms with Crippen LogP contribution in [0.5, 0.6) is 0 Å². The van der Waals surface area contributed by atoms with Gasteiger partial charge >= 0.3 is 0 Å². The minimum Gasteiger partial charge on any atom is -0.338 e. The molecule has 0 saturated carbocycles. The molecular weight excluding hydrogens is 376 g/mol. The fourth-order valence-corrected chi connectivity index (χ4v) is 4.17. The first-order valence-corrected chi connectivity index (χ1v) is 11.3. The van der Waals surface area contributed by atoms with E-state index in [0.29, 0.717) is 11.8 Å². The van der Waals surface area contributed by atoms with Gasteiger partial charge in [0.05, 0.1) is 10.5 Å². The largest absolute Gasteiger partial charge is 0.338 e. The molecule has 3 aromatic rings. The van der Waals surface area contributed by atoms with Crippen molar-refractivity contribution in [1.82, 2.24) is 9.88 Å². The Morgan fingerprint density at radius 3 is 2.21 bits per heavy atom. The highest BCUT2D eigenvalue weighted by Crippen LogP contribution is 2.24. The zero-order valence-electron chi connectivity index (χ0n) is 17.8. The molecule has 1 aromatic heterocycles. The van der Waals surface area contributed by atoms with E-state index in [-0.39, 0.29) is 5.91 Å². The maximum absolute atomic E-state index is 12.9. The summed E-state index contributed by atoms with van der Waals surface area (Å²) in [6.07, 6.45) is 0. The van der Waals surface area contributed by atoms with Crippen LogP contribution in [0, 0.1) is 11.8 Å². The Morgan fingerprint density at radius 1 is 0.897 bits per heavy atom. The molecule has 3 nitrogen and oxygen atoms in total. The third-order valence-corrected chi connectivity index (χ3v) is 5.62. The van der Waals surface area contributed by atoms with Gasteiger partial charge in [-0.05, 0) is 41.7 Å². The number of para-hydroxylation sites is 1. The molecule has 0 atom stereocenters. The zero-order valence-corrected chi connectivity index (χ0v) is 18.6. The molecule has 0 aliphatic rings. The Balaban J connectivity index is 1.64. The van der Waals surface area contributed by atoms with Gasteiger partial charge < -0.3 is 4.90 Å². The Hall–Kier alpha value is -2.33. The SMILES string of the molecule is CC(C)CN(CC(C)C)C(=O)c1ccc(CSc2ccc3ccccc3n2)cc1. The molecule has 1 heterocycles. The number of nitrogens with zero attached hydrogens (tertiary/aromatic N) is 2. The number of hydrogen-bond donors (Lipinski definition) is 0. The zero-order chi connectivity index (χ0) is 20.8. The Bertz CT molecular complexity index is 940. The topological polar surface area (TPSA) is 33.2 Å². The van der Waals surface area contributed by atoms with Crippen LogP contribution in [0.3, 0.4) is 0 Å². The number of thioether (sulfide) groups is 1. The molecule has 152 valence electrons. The van der Waals surface area contributed by atoms with E-state index >= 15 is 0 Å². The van der Waals surface area contributed by atoms with Gasteiger partial charge in [-0.1, -0.05) is 64.1 Å². The molecule has 0 spiro atoms. The third-order valence-electron chi connectivity index (χ3n) is 4.62. The monoisotopic (exact) mass is 406 g/mol. The van der Waals surface area contributed by atoms with Crippen LogP contribution in [0.1, 0.15) is 43.6 Å². The number of aromatic nitrogens is 1. The summed E-state index contributed by atoms with van der Waals surface area (Å²) < 4.78 is 0. The molecule has 1 amide bonds. The van der Waals surface area contributed by atoms with Gasteiger partial charge in [0.1, 0.15) is 0 Å². The van der Waals surface area contributed by atoms with Crippen molar-refractivity contribution < 1.29 is 4.79 Å². The molecule has 0 fully saturated rings. The Kier molecular flexibility index (Phi) is 7.32. The van der Waals surface area contributed by atoms with E-state index in [2.05, 4.69) is 58.0 Å². The highest BCUT2D eigenvalue weighted by molar-refractivity contribution is 7.98. The van der Waals surface area contributed by atoms with Crippen molar-refractivity contribution >= 4 is 28.6 Å². The lowest BCUT2D eigenvalue weighted by Gasteiger charge is -2.26. The molecule has 0 saturated heterocycles. The van der Waals surface area contributed by atoms with Crippen molar-refractivity contribution in [2.24, 2.45) is 11.8 Å². The second-order valence-corrected chi connectivity index (χ2v) is 9.32. The standard InChI is InChI=1S/C25H30N2OS/c1-18(2)15-27(16-19(3)4)25(28)22-11-9-20(10-12-22)17-29-24-14-13-21-7-5-6-8-23(21)26-24/h5-14,18-19H,15-17H2,1-4H3. The number of benzene rings is 2. The van der Waals surface area contributed by atoms with Crippen molar-refractivity contribution in [3.05, 3.63) is 71.8 Å². The van der Waals surface area contributed by atoms with Crippen LogP contribution in [-0.4, -0.2) is 28.9 Å². The highest BCUT2D eigenvalue weighted by atomic mass is 32.2. The normalized spacial score (nSPS) is 11.4. The molecule has 0 aliphatic heterocycles. The predicted molar refractivity (Wildman–Crippen MR) is 123 cm³/mol. The molecule has 29 heavy (non-hydrogen) atoms. The summed E-state index contributed by atoms with van der Waals surface area (Å²) >= 11 is 1.72. The molecule has 4 heteroatoms. The Labute approximate surface area is 178 Å².